The van der Waals surface area contributed by atoms with Gasteiger partial charge in [-0.1, -0.05) is 25.1 Å². The van der Waals surface area contributed by atoms with E-state index >= 15 is 0 Å². The lowest BCUT2D eigenvalue weighted by Crippen LogP contribution is -2.40. The predicted octanol–water partition coefficient (Wildman–Crippen LogP) is 2.87. The smallest absolute Gasteiger partial charge is 0.230 e. The summed E-state index contributed by atoms with van der Waals surface area (Å²) in [6.07, 6.45) is 4.32. The lowest BCUT2D eigenvalue weighted by Gasteiger charge is -2.35. The molecule has 102 valence electrons. The predicted molar refractivity (Wildman–Crippen MR) is 77.2 cm³/mol. The summed E-state index contributed by atoms with van der Waals surface area (Å²) < 4.78 is 0. The molecule has 1 aromatic carbocycles. The fourth-order valence-corrected chi connectivity index (χ4v) is 2.87. The monoisotopic (exact) mass is 258 g/mol. The van der Waals surface area contributed by atoms with Gasteiger partial charge in [-0.25, -0.2) is 0 Å². The van der Waals surface area contributed by atoms with Crippen molar-refractivity contribution in [1.82, 2.24) is 5.32 Å². The number of para-hydroxylation sites is 1. The number of rotatable bonds is 4. The molecule has 0 radical (unpaired) electrons. The van der Waals surface area contributed by atoms with E-state index in [1.807, 2.05) is 11.0 Å². The number of fused-ring (bicyclic) bond motifs is 1. The molecule has 1 aliphatic heterocycles. The second-order valence-electron chi connectivity index (χ2n) is 5.62. The molecule has 0 spiro atoms. The van der Waals surface area contributed by atoms with Crippen LogP contribution >= 0.6 is 0 Å². The molecule has 1 aromatic rings. The van der Waals surface area contributed by atoms with E-state index in [2.05, 4.69) is 30.4 Å². The minimum absolute atomic E-state index is 0.299. The van der Waals surface area contributed by atoms with Gasteiger partial charge in [0.05, 0.1) is 0 Å². The van der Waals surface area contributed by atoms with Gasteiger partial charge in [-0.3, -0.25) is 4.79 Å². The zero-order valence-corrected chi connectivity index (χ0v) is 11.6. The van der Waals surface area contributed by atoms with Crippen LogP contribution in [0, 0.1) is 5.92 Å². The molecule has 19 heavy (non-hydrogen) atoms. The number of amides is 1. The number of hydrogen-bond acceptors (Lipinski definition) is 2. The zero-order valence-electron chi connectivity index (χ0n) is 11.6. The van der Waals surface area contributed by atoms with Crippen molar-refractivity contribution in [3.63, 3.8) is 0 Å². The van der Waals surface area contributed by atoms with Gasteiger partial charge in [0.15, 0.2) is 0 Å². The molecule has 0 bridgehead atoms. The van der Waals surface area contributed by atoms with Crippen LogP contribution in [0.1, 0.15) is 44.2 Å². The highest BCUT2D eigenvalue weighted by molar-refractivity contribution is 5.97. The van der Waals surface area contributed by atoms with E-state index in [0.29, 0.717) is 17.9 Å². The summed E-state index contributed by atoms with van der Waals surface area (Å²) in [4.78, 5) is 14.4. The molecule has 1 aliphatic carbocycles. The molecule has 3 heteroatoms. The van der Waals surface area contributed by atoms with Gasteiger partial charge in [0, 0.05) is 24.2 Å². The third-order valence-corrected chi connectivity index (χ3v) is 4.08. The quantitative estimate of drug-likeness (QED) is 0.900. The number of nitrogens with zero attached hydrogens (tertiary/aromatic N) is 1. The number of benzene rings is 1. The second kappa shape index (κ2) is 5.33. The number of nitrogens with one attached hydrogen (secondary N) is 1. The zero-order chi connectivity index (χ0) is 13.2. The van der Waals surface area contributed by atoms with Gasteiger partial charge in [-0.15, -0.1) is 0 Å². The number of carbonyl (C=O) groups is 1. The molecule has 1 atom stereocenters. The van der Waals surface area contributed by atoms with Crippen molar-refractivity contribution < 1.29 is 4.79 Å². The summed E-state index contributed by atoms with van der Waals surface area (Å²) in [5.41, 5.74) is 2.41. The largest absolute Gasteiger partial charge is 0.312 e. The van der Waals surface area contributed by atoms with Crippen LogP contribution < -0.4 is 10.2 Å². The molecule has 3 rings (SSSR count). The van der Waals surface area contributed by atoms with Gasteiger partial charge in [0.2, 0.25) is 5.91 Å². The Kier molecular flexibility index (Phi) is 3.56. The first-order valence-corrected chi connectivity index (χ1v) is 7.45. The highest BCUT2D eigenvalue weighted by atomic mass is 16.2. The Morgan fingerprint density at radius 3 is 2.84 bits per heavy atom. The SMILES string of the molecule is CCCNC1CCN(C(=O)C2CC2)c2ccccc21. The lowest BCUT2D eigenvalue weighted by molar-refractivity contribution is -0.119. The van der Waals surface area contributed by atoms with Crippen LogP contribution in [0.5, 0.6) is 0 Å². The van der Waals surface area contributed by atoms with E-state index in [-0.39, 0.29) is 0 Å². The molecule has 1 fully saturated rings. The third kappa shape index (κ3) is 2.52. The van der Waals surface area contributed by atoms with Gasteiger partial charge >= 0.3 is 0 Å². The Morgan fingerprint density at radius 1 is 1.32 bits per heavy atom. The van der Waals surface area contributed by atoms with Crippen LogP contribution in [0.3, 0.4) is 0 Å². The highest BCUT2D eigenvalue weighted by Gasteiger charge is 2.36. The maximum absolute atomic E-state index is 12.3. The van der Waals surface area contributed by atoms with Crippen molar-refractivity contribution in [2.24, 2.45) is 5.92 Å². The van der Waals surface area contributed by atoms with E-state index in [0.717, 1.165) is 44.5 Å². The van der Waals surface area contributed by atoms with E-state index in [1.165, 1.54) is 5.56 Å². The van der Waals surface area contributed by atoms with Crippen molar-refractivity contribution in [3.05, 3.63) is 29.8 Å². The summed E-state index contributed by atoms with van der Waals surface area (Å²) in [6.45, 7) is 4.08. The molecule has 1 unspecified atom stereocenters. The molecule has 1 heterocycles. The van der Waals surface area contributed by atoms with Gasteiger partial charge < -0.3 is 10.2 Å². The Bertz CT molecular complexity index is 468. The molecular weight excluding hydrogens is 236 g/mol. The topological polar surface area (TPSA) is 32.3 Å². The van der Waals surface area contributed by atoms with Gasteiger partial charge in [0.25, 0.3) is 0 Å². The van der Waals surface area contributed by atoms with Crippen molar-refractivity contribution in [2.45, 2.75) is 38.6 Å². The second-order valence-corrected chi connectivity index (χ2v) is 5.62. The Balaban J connectivity index is 1.84. The molecule has 0 aromatic heterocycles. The molecule has 2 aliphatic rings. The normalized spacial score (nSPS) is 22.2. The van der Waals surface area contributed by atoms with Crippen molar-refractivity contribution in [1.29, 1.82) is 0 Å². The van der Waals surface area contributed by atoms with Crippen LogP contribution in [-0.4, -0.2) is 19.0 Å². The van der Waals surface area contributed by atoms with E-state index in [9.17, 15) is 4.79 Å². The summed E-state index contributed by atoms with van der Waals surface area (Å²) in [7, 11) is 0. The van der Waals surface area contributed by atoms with Crippen LogP contribution in [0.2, 0.25) is 0 Å². The van der Waals surface area contributed by atoms with Crippen molar-refractivity contribution in [3.8, 4) is 0 Å². The maximum Gasteiger partial charge on any atom is 0.230 e. The fourth-order valence-electron chi connectivity index (χ4n) is 2.87. The molecule has 3 nitrogen and oxygen atoms in total. The Hall–Kier alpha value is -1.35. The van der Waals surface area contributed by atoms with Gasteiger partial charge in [-0.2, -0.15) is 0 Å². The fraction of sp³-hybridized carbons (Fsp3) is 0.562. The minimum atomic E-state index is 0.299. The molecular formula is C16H22N2O. The van der Waals surface area contributed by atoms with E-state index in [1.54, 1.807) is 0 Å². The minimum Gasteiger partial charge on any atom is -0.312 e. The maximum atomic E-state index is 12.3. The average Bonchev–Trinajstić information content (AvgIpc) is 3.28. The van der Waals surface area contributed by atoms with Crippen molar-refractivity contribution >= 4 is 11.6 Å². The van der Waals surface area contributed by atoms with Crippen LogP contribution in [0.25, 0.3) is 0 Å². The Morgan fingerprint density at radius 2 is 2.11 bits per heavy atom. The lowest BCUT2D eigenvalue weighted by atomic mass is 9.96. The first-order valence-electron chi connectivity index (χ1n) is 7.45. The number of carbonyl (C=O) groups excluding carboxylic acids is 1. The number of anilines is 1. The summed E-state index contributed by atoms with van der Waals surface area (Å²) in [6, 6.07) is 8.77. The number of hydrogen-bond donors (Lipinski definition) is 1. The third-order valence-electron chi connectivity index (χ3n) is 4.08. The standard InChI is InChI=1S/C16H22N2O/c1-2-10-17-14-9-11-18(16(19)12-7-8-12)15-6-4-3-5-13(14)15/h3-6,12,14,17H,2,7-11H2,1H3. The van der Waals surface area contributed by atoms with Crippen LogP contribution in [0.15, 0.2) is 24.3 Å². The molecule has 0 saturated heterocycles. The summed E-state index contributed by atoms with van der Waals surface area (Å²) in [5, 5.41) is 3.59. The summed E-state index contributed by atoms with van der Waals surface area (Å²) >= 11 is 0. The Labute approximate surface area is 115 Å². The first kappa shape index (κ1) is 12.7. The van der Waals surface area contributed by atoms with Crippen LogP contribution in [-0.2, 0) is 4.79 Å². The van der Waals surface area contributed by atoms with E-state index in [4.69, 9.17) is 0 Å². The first-order chi connectivity index (χ1) is 9.31. The van der Waals surface area contributed by atoms with Gasteiger partial charge in [0.1, 0.15) is 0 Å². The molecule has 1 saturated carbocycles. The van der Waals surface area contributed by atoms with E-state index < -0.39 is 0 Å². The highest BCUT2D eigenvalue weighted by Crippen LogP contribution is 2.38. The molecule has 1 amide bonds. The summed E-state index contributed by atoms with van der Waals surface area (Å²) in [5.74, 6) is 0.634. The van der Waals surface area contributed by atoms with Gasteiger partial charge in [-0.05, 0) is 43.9 Å². The van der Waals surface area contributed by atoms with Crippen molar-refractivity contribution in [2.75, 3.05) is 18.0 Å². The average molecular weight is 258 g/mol. The van der Waals surface area contributed by atoms with Crippen LogP contribution in [0.4, 0.5) is 5.69 Å². The molecule has 1 N–H and O–H groups in total.